The van der Waals surface area contributed by atoms with Crippen LogP contribution in [0.2, 0.25) is 6.82 Å². The molecular formula is C18H21BN2. The predicted molar refractivity (Wildman–Crippen MR) is 91.8 cm³/mol. The van der Waals surface area contributed by atoms with E-state index in [1.54, 1.807) is 6.33 Å². The van der Waals surface area contributed by atoms with Crippen LogP contribution >= 0.6 is 0 Å². The molecule has 0 aliphatic heterocycles. The van der Waals surface area contributed by atoms with Gasteiger partial charge in [0.05, 0.1) is 12.0 Å². The lowest BCUT2D eigenvalue weighted by Gasteiger charge is -2.08. The van der Waals surface area contributed by atoms with Gasteiger partial charge in [-0.15, -0.1) is 0 Å². The normalized spacial score (nSPS) is 9.67. The van der Waals surface area contributed by atoms with Gasteiger partial charge in [-0.25, -0.2) is 4.98 Å². The van der Waals surface area contributed by atoms with E-state index in [2.05, 4.69) is 77.5 Å². The van der Waals surface area contributed by atoms with Crippen LogP contribution in [-0.2, 0) is 0 Å². The predicted octanol–water partition coefficient (Wildman–Crippen LogP) is 2.95. The fourth-order valence-electron chi connectivity index (χ4n) is 2.10. The molecule has 3 heteroatoms. The number of hydrogen-bond acceptors (Lipinski definition) is 1. The van der Waals surface area contributed by atoms with E-state index in [4.69, 9.17) is 0 Å². The SMILES string of the molecule is CB(c1ccccc1)c1ccccc1.Cc1nc[nH]c1C. The van der Waals surface area contributed by atoms with Gasteiger partial charge < -0.3 is 4.98 Å². The van der Waals surface area contributed by atoms with Gasteiger partial charge in [-0.3, -0.25) is 0 Å². The van der Waals surface area contributed by atoms with Crippen LogP contribution in [0.3, 0.4) is 0 Å². The molecule has 0 amide bonds. The Morgan fingerprint density at radius 3 is 1.57 bits per heavy atom. The number of rotatable bonds is 2. The van der Waals surface area contributed by atoms with E-state index in [1.807, 2.05) is 13.8 Å². The van der Waals surface area contributed by atoms with Crippen LogP contribution in [0.4, 0.5) is 0 Å². The maximum absolute atomic E-state index is 3.96. The zero-order valence-electron chi connectivity index (χ0n) is 12.9. The molecule has 0 saturated heterocycles. The summed E-state index contributed by atoms with van der Waals surface area (Å²) in [7, 11) is 0. The number of nitrogens with one attached hydrogen (secondary N) is 1. The fraction of sp³-hybridized carbons (Fsp3) is 0.167. The zero-order chi connectivity index (χ0) is 15.1. The van der Waals surface area contributed by atoms with Crippen molar-refractivity contribution in [1.29, 1.82) is 0 Å². The van der Waals surface area contributed by atoms with Crippen LogP contribution in [0, 0.1) is 13.8 Å². The molecule has 0 aliphatic rings. The third kappa shape index (κ3) is 4.35. The molecule has 0 spiro atoms. The first-order valence-electron chi connectivity index (χ1n) is 7.25. The summed E-state index contributed by atoms with van der Waals surface area (Å²) >= 11 is 0. The molecule has 0 radical (unpaired) electrons. The molecule has 3 aromatic rings. The number of aryl methyl sites for hydroxylation is 2. The van der Waals surface area contributed by atoms with Crippen LogP contribution in [-0.4, -0.2) is 16.7 Å². The minimum Gasteiger partial charge on any atom is -0.348 e. The van der Waals surface area contributed by atoms with Gasteiger partial charge >= 0.3 is 0 Å². The van der Waals surface area contributed by atoms with Crippen molar-refractivity contribution in [3.63, 3.8) is 0 Å². The lowest BCUT2D eigenvalue weighted by Crippen LogP contribution is -2.38. The van der Waals surface area contributed by atoms with E-state index >= 15 is 0 Å². The fourth-order valence-corrected chi connectivity index (χ4v) is 2.10. The highest BCUT2D eigenvalue weighted by Gasteiger charge is 2.10. The van der Waals surface area contributed by atoms with Crippen LogP contribution in [0.5, 0.6) is 0 Å². The average Bonchev–Trinajstić information content (AvgIpc) is 2.92. The van der Waals surface area contributed by atoms with Crippen molar-refractivity contribution in [2.24, 2.45) is 0 Å². The highest BCUT2D eigenvalue weighted by Crippen LogP contribution is 1.94. The van der Waals surface area contributed by atoms with Crippen LogP contribution in [0.1, 0.15) is 11.4 Å². The molecule has 0 fully saturated rings. The summed E-state index contributed by atoms with van der Waals surface area (Å²) in [5.74, 6) is 0. The standard InChI is InChI=1S/C13H13B.C5H8N2/c1-14(12-8-4-2-5-9-12)13-10-6-3-7-11-13;1-4-5(2)7-3-6-4/h2-11H,1H3;3H,1-2H3,(H,6,7). The Hall–Kier alpha value is -2.29. The summed E-state index contributed by atoms with van der Waals surface area (Å²) < 4.78 is 0. The number of nitrogens with zero attached hydrogens (tertiary/aromatic N) is 1. The van der Waals surface area contributed by atoms with Crippen molar-refractivity contribution in [3.05, 3.63) is 78.4 Å². The van der Waals surface area contributed by atoms with Gasteiger partial charge in [0.1, 0.15) is 0 Å². The third-order valence-electron chi connectivity index (χ3n) is 3.68. The van der Waals surface area contributed by atoms with Gasteiger partial charge in [0.2, 0.25) is 6.71 Å². The molecule has 0 atom stereocenters. The number of hydrogen-bond donors (Lipinski definition) is 1. The maximum atomic E-state index is 3.96. The molecule has 1 heterocycles. The molecule has 0 bridgehead atoms. The van der Waals surface area contributed by atoms with Gasteiger partial charge in [-0.05, 0) is 13.8 Å². The van der Waals surface area contributed by atoms with Gasteiger partial charge in [0, 0.05) is 5.69 Å². The second kappa shape index (κ2) is 7.48. The molecule has 2 aromatic carbocycles. The molecule has 0 unspecified atom stereocenters. The van der Waals surface area contributed by atoms with Crippen LogP contribution < -0.4 is 10.9 Å². The molecule has 0 aliphatic carbocycles. The molecule has 2 nitrogen and oxygen atoms in total. The van der Waals surface area contributed by atoms with Gasteiger partial charge in [0.25, 0.3) is 0 Å². The van der Waals surface area contributed by atoms with Crippen molar-refractivity contribution >= 4 is 17.6 Å². The summed E-state index contributed by atoms with van der Waals surface area (Å²) in [6.45, 7) is 6.70. The largest absolute Gasteiger partial charge is 0.348 e. The Kier molecular flexibility index (Phi) is 5.39. The number of imidazole rings is 1. The second-order valence-corrected chi connectivity index (χ2v) is 5.16. The van der Waals surface area contributed by atoms with E-state index in [9.17, 15) is 0 Å². The monoisotopic (exact) mass is 276 g/mol. The highest BCUT2D eigenvalue weighted by atomic mass is 14.9. The van der Waals surface area contributed by atoms with Gasteiger partial charge in [-0.1, -0.05) is 78.4 Å². The van der Waals surface area contributed by atoms with E-state index in [0.717, 1.165) is 11.4 Å². The first-order chi connectivity index (χ1) is 10.2. The average molecular weight is 276 g/mol. The molecule has 1 N–H and O–H groups in total. The van der Waals surface area contributed by atoms with Crippen molar-refractivity contribution < 1.29 is 0 Å². The van der Waals surface area contributed by atoms with E-state index in [0.29, 0.717) is 6.71 Å². The second-order valence-electron chi connectivity index (χ2n) is 5.16. The molecule has 3 rings (SSSR count). The molecular weight excluding hydrogens is 255 g/mol. The molecule has 1 aromatic heterocycles. The zero-order valence-corrected chi connectivity index (χ0v) is 12.9. The van der Waals surface area contributed by atoms with Crippen molar-refractivity contribution in [1.82, 2.24) is 9.97 Å². The lowest BCUT2D eigenvalue weighted by molar-refractivity contribution is 1.22. The molecule has 0 saturated carbocycles. The Labute approximate surface area is 127 Å². The molecule has 21 heavy (non-hydrogen) atoms. The number of aromatic amines is 1. The first kappa shape index (κ1) is 15.1. The smallest absolute Gasteiger partial charge is 0.206 e. The lowest BCUT2D eigenvalue weighted by atomic mass is 9.43. The number of benzene rings is 2. The summed E-state index contributed by atoms with van der Waals surface area (Å²) in [6.07, 6.45) is 1.70. The summed E-state index contributed by atoms with van der Waals surface area (Å²) in [4.78, 5) is 6.92. The summed E-state index contributed by atoms with van der Waals surface area (Å²) in [5, 5.41) is 0. The Bertz CT molecular complexity index is 591. The quantitative estimate of drug-likeness (QED) is 0.716. The summed E-state index contributed by atoms with van der Waals surface area (Å²) in [5.41, 5.74) is 4.98. The van der Waals surface area contributed by atoms with E-state index in [1.165, 1.54) is 10.9 Å². The van der Waals surface area contributed by atoms with Crippen molar-refractivity contribution in [3.8, 4) is 0 Å². The molecule has 106 valence electrons. The van der Waals surface area contributed by atoms with E-state index in [-0.39, 0.29) is 0 Å². The summed E-state index contributed by atoms with van der Waals surface area (Å²) in [6, 6.07) is 21.2. The van der Waals surface area contributed by atoms with Gasteiger partial charge in [-0.2, -0.15) is 0 Å². The van der Waals surface area contributed by atoms with E-state index < -0.39 is 0 Å². The Morgan fingerprint density at radius 1 is 0.810 bits per heavy atom. The minimum absolute atomic E-state index is 0.484. The minimum atomic E-state index is 0.484. The van der Waals surface area contributed by atoms with Crippen LogP contribution in [0.15, 0.2) is 67.0 Å². The number of aromatic nitrogens is 2. The Balaban J connectivity index is 0.000000194. The van der Waals surface area contributed by atoms with Crippen molar-refractivity contribution in [2.75, 3.05) is 0 Å². The maximum Gasteiger partial charge on any atom is 0.206 e. The Morgan fingerprint density at radius 2 is 1.29 bits per heavy atom. The number of H-pyrrole nitrogens is 1. The topological polar surface area (TPSA) is 28.7 Å². The first-order valence-corrected chi connectivity index (χ1v) is 7.25. The van der Waals surface area contributed by atoms with Crippen LogP contribution in [0.25, 0.3) is 0 Å². The van der Waals surface area contributed by atoms with Gasteiger partial charge in [0.15, 0.2) is 0 Å². The highest BCUT2D eigenvalue weighted by molar-refractivity contribution is 6.84. The third-order valence-corrected chi connectivity index (χ3v) is 3.68. The van der Waals surface area contributed by atoms with Crippen molar-refractivity contribution in [2.45, 2.75) is 20.7 Å².